The van der Waals surface area contributed by atoms with Crippen LogP contribution in [0.5, 0.6) is 0 Å². The lowest BCUT2D eigenvalue weighted by atomic mass is 10.1. The van der Waals surface area contributed by atoms with E-state index in [4.69, 9.17) is 0 Å². The van der Waals surface area contributed by atoms with Crippen LogP contribution in [0.4, 0.5) is 4.39 Å². The second-order valence-corrected chi connectivity index (χ2v) is 3.00. The lowest BCUT2D eigenvalue weighted by molar-refractivity contribution is 0.612. The topological polar surface area (TPSA) is 14.1 Å². The van der Waals surface area contributed by atoms with Gasteiger partial charge in [-0.05, 0) is 36.6 Å². The number of hydrogen-bond acceptors (Lipinski definition) is 0. The Hall–Kier alpha value is -0.890. The van der Waals surface area contributed by atoms with Crippen molar-refractivity contribution in [1.82, 2.24) is 0 Å². The molecule has 0 radical (unpaired) electrons. The Morgan fingerprint density at radius 1 is 1.25 bits per heavy atom. The van der Waals surface area contributed by atoms with Gasteiger partial charge in [0.2, 0.25) is 0 Å². The zero-order valence-corrected chi connectivity index (χ0v) is 7.69. The molecular formula is C10H13FN-. The van der Waals surface area contributed by atoms with E-state index in [0.29, 0.717) is 12.1 Å². The molecule has 0 atom stereocenters. The van der Waals surface area contributed by atoms with Crippen LogP contribution in [-0.4, -0.2) is 7.05 Å². The average Bonchev–Trinajstić information content (AvgIpc) is 2.01. The van der Waals surface area contributed by atoms with E-state index in [9.17, 15) is 4.39 Å². The summed E-state index contributed by atoms with van der Waals surface area (Å²) in [5.41, 5.74) is 2.79. The molecule has 0 saturated heterocycles. The molecule has 2 heteroatoms. The van der Waals surface area contributed by atoms with Gasteiger partial charge in [0.05, 0.1) is 0 Å². The van der Waals surface area contributed by atoms with Gasteiger partial charge >= 0.3 is 0 Å². The summed E-state index contributed by atoms with van der Waals surface area (Å²) in [6.07, 6.45) is 0. The first-order valence-electron chi connectivity index (χ1n) is 3.96. The maximum absolute atomic E-state index is 13.2. The minimum Gasteiger partial charge on any atom is -0.661 e. The quantitative estimate of drug-likeness (QED) is 0.641. The van der Waals surface area contributed by atoms with Crippen LogP contribution in [0.25, 0.3) is 5.32 Å². The van der Waals surface area contributed by atoms with Crippen LogP contribution in [0.2, 0.25) is 0 Å². The predicted molar refractivity (Wildman–Crippen MR) is 48.9 cm³/mol. The Morgan fingerprint density at radius 2 is 1.83 bits per heavy atom. The van der Waals surface area contributed by atoms with E-state index < -0.39 is 0 Å². The largest absolute Gasteiger partial charge is 0.661 e. The van der Waals surface area contributed by atoms with Crippen LogP contribution in [0.1, 0.15) is 16.7 Å². The number of rotatable bonds is 2. The average molecular weight is 166 g/mol. The third kappa shape index (κ3) is 1.83. The monoisotopic (exact) mass is 166 g/mol. The Labute approximate surface area is 72.6 Å². The first kappa shape index (κ1) is 9.20. The minimum absolute atomic E-state index is 0.149. The van der Waals surface area contributed by atoms with Crippen molar-refractivity contribution in [3.05, 3.63) is 40.0 Å². The Kier molecular flexibility index (Phi) is 2.82. The van der Waals surface area contributed by atoms with E-state index in [0.717, 1.165) is 11.1 Å². The van der Waals surface area contributed by atoms with Gasteiger partial charge in [0.25, 0.3) is 0 Å². The van der Waals surface area contributed by atoms with Crippen molar-refractivity contribution < 1.29 is 4.39 Å². The summed E-state index contributed by atoms with van der Waals surface area (Å²) in [6.45, 7) is 4.35. The third-order valence-electron chi connectivity index (χ3n) is 1.99. The maximum atomic E-state index is 13.2. The molecule has 1 aromatic carbocycles. The Morgan fingerprint density at radius 3 is 2.42 bits per heavy atom. The summed E-state index contributed by atoms with van der Waals surface area (Å²) >= 11 is 0. The van der Waals surface area contributed by atoms with Crippen molar-refractivity contribution in [2.45, 2.75) is 20.4 Å². The Bertz CT molecular complexity index is 281. The van der Waals surface area contributed by atoms with Crippen molar-refractivity contribution >= 4 is 0 Å². The highest BCUT2D eigenvalue weighted by molar-refractivity contribution is 5.32. The van der Waals surface area contributed by atoms with Gasteiger partial charge in [-0.25, -0.2) is 4.39 Å². The minimum atomic E-state index is -0.149. The zero-order valence-electron chi connectivity index (χ0n) is 7.69. The summed E-state index contributed by atoms with van der Waals surface area (Å²) in [5, 5.41) is 3.90. The van der Waals surface area contributed by atoms with E-state index in [1.54, 1.807) is 13.1 Å². The normalized spacial score (nSPS) is 10.3. The molecule has 66 valence electrons. The van der Waals surface area contributed by atoms with Crippen molar-refractivity contribution in [2.75, 3.05) is 7.05 Å². The molecule has 1 rings (SSSR count). The summed E-state index contributed by atoms with van der Waals surface area (Å²) in [6, 6.07) is 3.42. The number of benzene rings is 1. The van der Waals surface area contributed by atoms with Gasteiger partial charge in [-0.3, -0.25) is 0 Å². The second-order valence-electron chi connectivity index (χ2n) is 3.00. The fourth-order valence-corrected chi connectivity index (χ4v) is 1.13. The number of nitrogens with zero attached hydrogens (tertiary/aromatic N) is 1. The molecular weight excluding hydrogens is 153 g/mol. The summed E-state index contributed by atoms with van der Waals surface area (Å²) < 4.78 is 13.2. The van der Waals surface area contributed by atoms with Gasteiger partial charge in [0.15, 0.2) is 0 Å². The molecule has 0 N–H and O–H groups in total. The summed E-state index contributed by atoms with van der Waals surface area (Å²) in [5.74, 6) is -0.149. The summed E-state index contributed by atoms with van der Waals surface area (Å²) in [7, 11) is 1.69. The predicted octanol–water partition coefficient (Wildman–Crippen LogP) is 2.95. The molecule has 1 aromatic rings. The molecule has 12 heavy (non-hydrogen) atoms. The molecule has 0 bridgehead atoms. The first-order chi connectivity index (χ1) is 5.65. The van der Waals surface area contributed by atoms with Crippen LogP contribution in [0, 0.1) is 19.7 Å². The SMILES string of the molecule is C[N-]Cc1cc(C)c(C)cc1F. The van der Waals surface area contributed by atoms with Crippen LogP contribution in [-0.2, 0) is 6.54 Å². The maximum Gasteiger partial charge on any atom is 0.124 e. The van der Waals surface area contributed by atoms with Gasteiger partial charge in [0, 0.05) is 0 Å². The first-order valence-corrected chi connectivity index (χ1v) is 3.96. The standard InChI is InChI=1S/C10H13FN/c1-7-4-9(6-12-3)10(11)5-8(7)2/h4-5H,6H2,1-3H3/q-1. The van der Waals surface area contributed by atoms with Gasteiger partial charge in [0.1, 0.15) is 5.82 Å². The van der Waals surface area contributed by atoms with E-state index in [-0.39, 0.29) is 5.82 Å². The molecule has 0 heterocycles. The van der Waals surface area contributed by atoms with Crippen LogP contribution < -0.4 is 0 Å². The number of aryl methyl sites for hydroxylation is 2. The molecule has 0 aliphatic carbocycles. The molecule has 0 aliphatic rings. The molecule has 0 amide bonds. The van der Waals surface area contributed by atoms with E-state index in [1.807, 2.05) is 19.9 Å². The molecule has 0 unspecified atom stereocenters. The lowest BCUT2D eigenvalue weighted by Gasteiger charge is -2.13. The van der Waals surface area contributed by atoms with Crippen molar-refractivity contribution in [3.8, 4) is 0 Å². The second kappa shape index (κ2) is 3.68. The van der Waals surface area contributed by atoms with Gasteiger partial charge in [-0.2, -0.15) is 7.05 Å². The molecule has 1 nitrogen and oxygen atoms in total. The highest BCUT2D eigenvalue weighted by Crippen LogP contribution is 2.15. The van der Waals surface area contributed by atoms with E-state index in [2.05, 4.69) is 5.32 Å². The van der Waals surface area contributed by atoms with Crippen molar-refractivity contribution in [3.63, 3.8) is 0 Å². The number of halogens is 1. The van der Waals surface area contributed by atoms with Crippen molar-refractivity contribution in [1.29, 1.82) is 0 Å². The molecule has 0 spiro atoms. The van der Waals surface area contributed by atoms with Crippen LogP contribution in [0.3, 0.4) is 0 Å². The van der Waals surface area contributed by atoms with Crippen LogP contribution >= 0.6 is 0 Å². The molecule has 0 saturated carbocycles. The molecule has 0 aromatic heterocycles. The molecule has 0 fully saturated rings. The fourth-order valence-electron chi connectivity index (χ4n) is 1.13. The lowest BCUT2D eigenvalue weighted by Crippen LogP contribution is -1.92. The van der Waals surface area contributed by atoms with Crippen molar-refractivity contribution in [2.24, 2.45) is 0 Å². The van der Waals surface area contributed by atoms with Crippen LogP contribution in [0.15, 0.2) is 12.1 Å². The van der Waals surface area contributed by atoms with Gasteiger partial charge in [-0.1, -0.05) is 6.07 Å². The number of hydrogen-bond donors (Lipinski definition) is 0. The highest BCUT2D eigenvalue weighted by atomic mass is 19.1. The smallest absolute Gasteiger partial charge is 0.124 e. The Balaban J connectivity index is 3.05. The van der Waals surface area contributed by atoms with E-state index in [1.165, 1.54) is 0 Å². The van der Waals surface area contributed by atoms with E-state index >= 15 is 0 Å². The van der Waals surface area contributed by atoms with Gasteiger partial charge in [-0.15, -0.1) is 6.54 Å². The summed E-state index contributed by atoms with van der Waals surface area (Å²) in [4.78, 5) is 0. The zero-order chi connectivity index (χ0) is 9.14. The fraction of sp³-hybridized carbons (Fsp3) is 0.400. The van der Waals surface area contributed by atoms with Gasteiger partial charge < -0.3 is 5.32 Å². The molecule has 0 aliphatic heterocycles. The third-order valence-corrected chi connectivity index (χ3v) is 1.99. The highest BCUT2D eigenvalue weighted by Gasteiger charge is 2.00.